The fraction of sp³-hybridized carbons (Fsp3) is 0.238. The second-order valence-corrected chi connectivity index (χ2v) is 7.01. The molecule has 0 bridgehead atoms. The molecule has 5 rings (SSSR count). The molecule has 0 unspecified atom stereocenters. The number of rotatable bonds is 3. The monoisotopic (exact) mass is 361 g/mol. The molecule has 0 spiro atoms. The Morgan fingerprint density at radius 1 is 1.00 bits per heavy atom. The largest absolute Gasteiger partial charge is 0.327 e. The Morgan fingerprint density at radius 2 is 1.78 bits per heavy atom. The number of aromatic amines is 1. The van der Waals surface area contributed by atoms with E-state index in [9.17, 15) is 4.39 Å². The lowest BCUT2D eigenvalue weighted by atomic mass is 10.0. The Hall–Kier alpha value is -2.99. The number of hydrogen-bond donors (Lipinski definition) is 2. The third-order valence-corrected chi connectivity index (χ3v) is 5.33. The first-order valence-corrected chi connectivity index (χ1v) is 9.26. The number of hydrogen-bond acceptors (Lipinski definition) is 3. The van der Waals surface area contributed by atoms with Gasteiger partial charge in [-0.3, -0.25) is 5.10 Å². The quantitative estimate of drug-likeness (QED) is 0.576. The van der Waals surface area contributed by atoms with Gasteiger partial charge in [0, 0.05) is 22.6 Å². The molecule has 2 N–H and O–H groups in total. The van der Waals surface area contributed by atoms with E-state index in [4.69, 9.17) is 4.98 Å². The Kier molecular flexibility index (Phi) is 3.98. The molecule has 136 valence electrons. The highest BCUT2D eigenvalue weighted by atomic mass is 19.1. The van der Waals surface area contributed by atoms with Crippen molar-refractivity contribution in [3.05, 3.63) is 60.8 Å². The summed E-state index contributed by atoms with van der Waals surface area (Å²) < 4.78 is 15.7. The molecule has 1 saturated heterocycles. The number of halogens is 1. The van der Waals surface area contributed by atoms with Crippen LogP contribution < -0.4 is 5.32 Å². The highest BCUT2D eigenvalue weighted by molar-refractivity contribution is 5.87. The lowest BCUT2D eigenvalue weighted by molar-refractivity contribution is 0.370. The smallest absolute Gasteiger partial charge is 0.123 e. The zero-order valence-electron chi connectivity index (χ0n) is 14.8. The average molecular weight is 361 g/mol. The van der Waals surface area contributed by atoms with Crippen molar-refractivity contribution in [1.29, 1.82) is 0 Å². The summed E-state index contributed by atoms with van der Waals surface area (Å²) in [4.78, 5) is 4.73. The van der Waals surface area contributed by atoms with Crippen LogP contribution in [0.4, 0.5) is 4.39 Å². The van der Waals surface area contributed by atoms with Gasteiger partial charge in [0.1, 0.15) is 5.82 Å². The first-order chi connectivity index (χ1) is 13.3. The van der Waals surface area contributed by atoms with E-state index in [0.717, 1.165) is 59.3 Å². The molecule has 0 amide bonds. The zero-order chi connectivity index (χ0) is 18.2. The molecule has 0 radical (unpaired) electrons. The first-order valence-electron chi connectivity index (χ1n) is 9.26. The molecule has 3 heterocycles. The summed E-state index contributed by atoms with van der Waals surface area (Å²) in [7, 11) is 0. The number of nitrogens with one attached hydrogen (secondary N) is 2. The molecule has 27 heavy (non-hydrogen) atoms. The van der Waals surface area contributed by atoms with E-state index in [1.807, 2.05) is 18.6 Å². The minimum atomic E-state index is -0.238. The minimum absolute atomic E-state index is 0.238. The number of nitrogens with zero attached hydrogens (tertiary/aromatic N) is 3. The number of imidazole rings is 1. The SMILES string of the molecule is Fc1ccc(-c2ncn(C3CCNCC3)c2-c2ccc3[nH]ncc3c2)cc1. The van der Waals surface area contributed by atoms with E-state index >= 15 is 0 Å². The molecule has 0 saturated carbocycles. The van der Waals surface area contributed by atoms with Gasteiger partial charge in [-0.05, 0) is 62.3 Å². The van der Waals surface area contributed by atoms with Gasteiger partial charge >= 0.3 is 0 Å². The van der Waals surface area contributed by atoms with Crippen molar-refractivity contribution in [3.8, 4) is 22.5 Å². The van der Waals surface area contributed by atoms with Gasteiger partial charge in [0.2, 0.25) is 0 Å². The van der Waals surface area contributed by atoms with E-state index in [-0.39, 0.29) is 5.82 Å². The van der Waals surface area contributed by atoms with Crippen molar-refractivity contribution in [3.63, 3.8) is 0 Å². The fourth-order valence-corrected chi connectivity index (χ4v) is 3.92. The summed E-state index contributed by atoms with van der Waals surface area (Å²) in [6, 6.07) is 13.3. The average Bonchev–Trinajstić information content (AvgIpc) is 3.35. The van der Waals surface area contributed by atoms with E-state index in [2.05, 4.69) is 32.2 Å². The van der Waals surface area contributed by atoms with Crippen molar-refractivity contribution in [2.75, 3.05) is 13.1 Å². The van der Waals surface area contributed by atoms with Crippen LogP contribution in [0.2, 0.25) is 0 Å². The Balaban J connectivity index is 1.69. The Labute approximate surface area is 156 Å². The molecule has 1 fully saturated rings. The van der Waals surface area contributed by atoms with Crippen LogP contribution in [0.3, 0.4) is 0 Å². The third kappa shape index (κ3) is 2.92. The summed E-state index contributed by atoms with van der Waals surface area (Å²) in [5.41, 5.74) is 4.99. The lowest BCUT2D eigenvalue weighted by Gasteiger charge is -2.26. The fourth-order valence-electron chi connectivity index (χ4n) is 3.92. The predicted molar refractivity (Wildman–Crippen MR) is 104 cm³/mol. The van der Waals surface area contributed by atoms with Crippen molar-refractivity contribution in [2.45, 2.75) is 18.9 Å². The van der Waals surface area contributed by atoms with Crippen LogP contribution in [0.1, 0.15) is 18.9 Å². The van der Waals surface area contributed by atoms with Gasteiger partial charge in [-0.15, -0.1) is 0 Å². The van der Waals surface area contributed by atoms with Gasteiger partial charge in [-0.25, -0.2) is 9.37 Å². The van der Waals surface area contributed by atoms with Gasteiger partial charge in [0.15, 0.2) is 0 Å². The second kappa shape index (κ2) is 6.63. The van der Waals surface area contributed by atoms with E-state index in [0.29, 0.717) is 6.04 Å². The van der Waals surface area contributed by atoms with Gasteiger partial charge in [0.05, 0.1) is 29.4 Å². The zero-order valence-corrected chi connectivity index (χ0v) is 14.8. The number of aromatic nitrogens is 4. The molecule has 1 aliphatic heterocycles. The topological polar surface area (TPSA) is 58.5 Å². The number of piperidine rings is 1. The highest BCUT2D eigenvalue weighted by Gasteiger charge is 2.22. The van der Waals surface area contributed by atoms with Crippen LogP contribution in [-0.4, -0.2) is 32.8 Å². The van der Waals surface area contributed by atoms with Gasteiger partial charge in [-0.1, -0.05) is 6.07 Å². The molecular weight excluding hydrogens is 341 g/mol. The normalized spacial score (nSPS) is 15.4. The van der Waals surface area contributed by atoms with E-state index in [1.54, 1.807) is 12.1 Å². The van der Waals surface area contributed by atoms with Gasteiger partial charge < -0.3 is 9.88 Å². The molecule has 5 nitrogen and oxygen atoms in total. The minimum Gasteiger partial charge on any atom is -0.327 e. The number of benzene rings is 2. The summed E-state index contributed by atoms with van der Waals surface area (Å²) >= 11 is 0. The molecule has 0 aliphatic carbocycles. The van der Waals surface area contributed by atoms with E-state index in [1.165, 1.54) is 12.1 Å². The molecule has 2 aromatic carbocycles. The van der Waals surface area contributed by atoms with Gasteiger partial charge in [-0.2, -0.15) is 5.10 Å². The van der Waals surface area contributed by atoms with Crippen molar-refractivity contribution in [1.82, 2.24) is 25.1 Å². The van der Waals surface area contributed by atoms with Crippen LogP contribution in [-0.2, 0) is 0 Å². The highest BCUT2D eigenvalue weighted by Crippen LogP contribution is 2.36. The Bertz CT molecular complexity index is 1070. The van der Waals surface area contributed by atoms with Crippen molar-refractivity contribution < 1.29 is 4.39 Å². The number of H-pyrrole nitrogens is 1. The number of fused-ring (bicyclic) bond motifs is 1. The maximum Gasteiger partial charge on any atom is 0.123 e. The maximum absolute atomic E-state index is 13.4. The van der Waals surface area contributed by atoms with Crippen molar-refractivity contribution >= 4 is 10.9 Å². The summed E-state index contributed by atoms with van der Waals surface area (Å²) in [6.45, 7) is 2.02. The maximum atomic E-state index is 13.4. The standard InChI is InChI=1S/C21H20FN5/c22-17-4-1-14(2-5-17)20-21(15-3-6-19-16(11-15)12-25-26-19)27(13-24-20)18-7-9-23-10-8-18/h1-6,11-13,18,23H,7-10H2,(H,25,26). The van der Waals surface area contributed by atoms with E-state index < -0.39 is 0 Å². The van der Waals surface area contributed by atoms with Crippen LogP contribution in [0, 0.1) is 5.82 Å². The second-order valence-electron chi connectivity index (χ2n) is 7.01. The predicted octanol–water partition coefficient (Wildman–Crippen LogP) is 4.16. The molecule has 6 heteroatoms. The van der Waals surface area contributed by atoms with Crippen molar-refractivity contribution in [2.24, 2.45) is 0 Å². The molecule has 4 aromatic rings. The lowest BCUT2D eigenvalue weighted by Crippen LogP contribution is -2.29. The van der Waals surface area contributed by atoms with Crippen LogP contribution >= 0.6 is 0 Å². The molecule has 2 aromatic heterocycles. The molecule has 1 aliphatic rings. The summed E-state index contributed by atoms with van der Waals surface area (Å²) in [6.07, 6.45) is 5.91. The Morgan fingerprint density at radius 3 is 2.59 bits per heavy atom. The van der Waals surface area contributed by atoms with Crippen LogP contribution in [0.5, 0.6) is 0 Å². The van der Waals surface area contributed by atoms with Crippen LogP contribution in [0.25, 0.3) is 33.4 Å². The molecule has 0 atom stereocenters. The van der Waals surface area contributed by atoms with Gasteiger partial charge in [0.25, 0.3) is 0 Å². The first kappa shape index (κ1) is 16.2. The third-order valence-electron chi connectivity index (χ3n) is 5.33. The van der Waals surface area contributed by atoms with Crippen LogP contribution in [0.15, 0.2) is 55.0 Å². The summed E-state index contributed by atoms with van der Waals surface area (Å²) in [5, 5.41) is 11.6. The summed E-state index contributed by atoms with van der Waals surface area (Å²) in [5.74, 6) is -0.238. The molecular formula is C21H20FN5.